The number of fused-ring (bicyclic) bond motifs is 1. The molecule has 3 aliphatic rings. The van der Waals surface area contributed by atoms with E-state index in [4.69, 9.17) is 14.2 Å². The number of methoxy groups -OCH3 is 2. The highest BCUT2D eigenvalue weighted by Gasteiger charge is 2.57. The average molecular weight is 436 g/mol. The number of esters is 1. The number of benzene rings is 2. The molecule has 0 radical (unpaired) electrons. The van der Waals surface area contributed by atoms with Crippen LogP contribution < -0.4 is 4.74 Å². The molecule has 2 bridgehead atoms. The molecule has 0 amide bonds. The van der Waals surface area contributed by atoms with Crippen LogP contribution in [0.4, 0.5) is 0 Å². The number of carbonyl (C=O) groups excluding carboxylic acids is 1. The lowest BCUT2D eigenvalue weighted by molar-refractivity contribution is -0.0215. The third kappa shape index (κ3) is 3.08. The number of hydrogen-bond acceptors (Lipinski definition) is 6. The predicted molar refractivity (Wildman–Crippen MR) is 120 cm³/mol. The lowest BCUT2D eigenvalue weighted by Crippen LogP contribution is -2.61. The highest BCUT2D eigenvalue weighted by Crippen LogP contribution is 2.58. The van der Waals surface area contributed by atoms with Gasteiger partial charge in [0.1, 0.15) is 5.76 Å². The fourth-order valence-corrected chi connectivity index (χ4v) is 6.05. The van der Waals surface area contributed by atoms with Crippen molar-refractivity contribution in [2.45, 2.75) is 36.8 Å². The van der Waals surface area contributed by atoms with Crippen molar-refractivity contribution >= 4 is 5.97 Å². The number of hydrogen-bond donors (Lipinski definition) is 1. The predicted octanol–water partition coefficient (Wildman–Crippen LogP) is 3.67. The van der Waals surface area contributed by atoms with E-state index in [1.807, 2.05) is 24.3 Å². The number of rotatable bonds is 4. The van der Waals surface area contributed by atoms with E-state index in [2.05, 4.69) is 24.1 Å². The highest BCUT2D eigenvalue weighted by atomic mass is 16.6. The number of phenolic OH excluding ortho intramolecular Hbond substituents is 1. The van der Waals surface area contributed by atoms with Crippen LogP contribution in [0.2, 0.25) is 0 Å². The van der Waals surface area contributed by atoms with Crippen LogP contribution in [0.15, 0.2) is 54.3 Å². The summed E-state index contributed by atoms with van der Waals surface area (Å²) in [6.07, 6.45) is 3.87. The van der Waals surface area contributed by atoms with Crippen LogP contribution in [0, 0.1) is 5.92 Å². The van der Waals surface area contributed by atoms with Crippen LogP contribution in [0.5, 0.6) is 11.5 Å². The minimum Gasteiger partial charge on any atom is -0.504 e. The molecule has 6 heteroatoms. The van der Waals surface area contributed by atoms with Crippen molar-refractivity contribution in [3.63, 3.8) is 0 Å². The van der Waals surface area contributed by atoms with E-state index in [1.165, 1.54) is 0 Å². The molecule has 1 N–H and O–H groups in total. The number of piperidine rings is 1. The monoisotopic (exact) mass is 435 g/mol. The van der Waals surface area contributed by atoms with E-state index in [0.717, 1.165) is 30.5 Å². The molecular weight excluding hydrogens is 406 g/mol. The molecule has 0 spiro atoms. The van der Waals surface area contributed by atoms with E-state index >= 15 is 0 Å². The molecule has 1 aliphatic heterocycles. The van der Waals surface area contributed by atoms with Gasteiger partial charge in [0.15, 0.2) is 17.6 Å². The Bertz CT molecular complexity index is 1070. The Morgan fingerprint density at radius 2 is 1.91 bits per heavy atom. The van der Waals surface area contributed by atoms with Crippen LogP contribution in [0.1, 0.15) is 34.3 Å². The van der Waals surface area contributed by atoms with Gasteiger partial charge in [0.05, 0.1) is 19.8 Å². The summed E-state index contributed by atoms with van der Waals surface area (Å²) in [4.78, 5) is 15.3. The molecule has 6 nitrogen and oxygen atoms in total. The summed E-state index contributed by atoms with van der Waals surface area (Å²) < 4.78 is 17.2. The van der Waals surface area contributed by atoms with Gasteiger partial charge in [-0.1, -0.05) is 24.3 Å². The van der Waals surface area contributed by atoms with Crippen LogP contribution in [-0.4, -0.2) is 55.9 Å². The lowest BCUT2D eigenvalue weighted by Gasteiger charge is -2.57. The zero-order valence-electron chi connectivity index (χ0n) is 18.7. The lowest BCUT2D eigenvalue weighted by atomic mass is 9.53. The summed E-state index contributed by atoms with van der Waals surface area (Å²) in [6.45, 7) is 0.909. The summed E-state index contributed by atoms with van der Waals surface area (Å²) in [5.41, 5.74) is 2.24. The summed E-state index contributed by atoms with van der Waals surface area (Å²) >= 11 is 0. The van der Waals surface area contributed by atoms with E-state index < -0.39 is 6.10 Å². The van der Waals surface area contributed by atoms with Gasteiger partial charge in [-0.25, -0.2) is 4.79 Å². The molecular formula is C26H29NO5. The van der Waals surface area contributed by atoms with Crippen LogP contribution in [0.25, 0.3) is 0 Å². The minimum atomic E-state index is -0.524. The molecule has 1 heterocycles. The van der Waals surface area contributed by atoms with Crippen LogP contribution >= 0.6 is 0 Å². The van der Waals surface area contributed by atoms with Gasteiger partial charge in [-0.2, -0.15) is 0 Å². The van der Waals surface area contributed by atoms with Crippen molar-refractivity contribution in [3.8, 4) is 11.5 Å². The quantitative estimate of drug-likeness (QED) is 0.739. The minimum absolute atomic E-state index is 0.147. The van der Waals surface area contributed by atoms with Crippen molar-refractivity contribution in [1.29, 1.82) is 0 Å². The van der Waals surface area contributed by atoms with Crippen LogP contribution in [0.3, 0.4) is 0 Å². The normalized spacial score (nSPS) is 28.7. The molecule has 1 fully saturated rings. The number of likely N-dealkylation sites (tertiary alicyclic amines) is 1. The Morgan fingerprint density at radius 1 is 1.12 bits per heavy atom. The molecule has 32 heavy (non-hydrogen) atoms. The zero-order valence-corrected chi connectivity index (χ0v) is 18.7. The second-order valence-electron chi connectivity index (χ2n) is 9.07. The fourth-order valence-electron chi connectivity index (χ4n) is 6.05. The summed E-state index contributed by atoms with van der Waals surface area (Å²) in [5.74, 6) is 1.15. The summed E-state index contributed by atoms with van der Waals surface area (Å²) in [7, 11) is 5.36. The highest BCUT2D eigenvalue weighted by molar-refractivity contribution is 5.89. The Hall–Kier alpha value is -2.99. The Kier molecular flexibility index (Phi) is 5.13. The summed E-state index contributed by atoms with van der Waals surface area (Å²) in [6, 6.07) is 13.2. The fraction of sp³-hybridized carbons (Fsp3) is 0.423. The van der Waals surface area contributed by atoms with Gasteiger partial charge in [-0.15, -0.1) is 0 Å². The first-order chi connectivity index (χ1) is 15.5. The van der Waals surface area contributed by atoms with E-state index in [0.29, 0.717) is 29.5 Å². The van der Waals surface area contributed by atoms with Gasteiger partial charge in [0.25, 0.3) is 0 Å². The third-order valence-corrected chi connectivity index (χ3v) is 7.61. The van der Waals surface area contributed by atoms with Crippen LogP contribution in [-0.2, 0) is 21.3 Å². The standard InChI is InChI=1S/C26H29NO5/c1-27-12-11-26-15-22(32-25(29)16-7-5-4-6-8-16)21(31-3)14-18(26)19(27)13-17-9-10-20(30-2)24(28)23(17)26/h4-10,14,18-19,22,28H,11-13,15H2,1-3H3/t18-,19+,22?,26-/m0/s1. The van der Waals surface area contributed by atoms with E-state index in [1.54, 1.807) is 26.4 Å². The smallest absolute Gasteiger partial charge is 0.338 e. The third-order valence-electron chi connectivity index (χ3n) is 7.61. The molecule has 2 aliphatic carbocycles. The molecule has 1 saturated heterocycles. The van der Waals surface area contributed by atoms with Crippen molar-refractivity contribution in [1.82, 2.24) is 4.90 Å². The number of aromatic hydroxyl groups is 1. The number of ether oxygens (including phenoxy) is 3. The first-order valence-electron chi connectivity index (χ1n) is 11.1. The van der Waals surface area contributed by atoms with Crippen molar-refractivity contribution in [2.24, 2.45) is 5.92 Å². The Labute approximate surface area is 188 Å². The number of phenols is 1. The van der Waals surface area contributed by atoms with Gasteiger partial charge < -0.3 is 24.2 Å². The topological polar surface area (TPSA) is 68.2 Å². The molecule has 2 aromatic rings. The first-order valence-corrected chi connectivity index (χ1v) is 11.1. The van der Waals surface area contributed by atoms with E-state index in [9.17, 15) is 9.90 Å². The molecule has 5 rings (SSSR count). The number of nitrogens with zero attached hydrogens (tertiary/aromatic N) is 1. The maximum atomic E-state index is 12.9. The molecule has 2 aromatic carbocycles. The largest absolute Gasteiger partial charge is 0.504 e. The zero-order chi connectivity index (χ0) is 22.5. The molecule has 4 atom stereocenters. The number of likely N-dealkylation sites (N-methyl/N-ethyl adjacent to an activating group) is 1. The van der Waals surface area contributed by atoms with Gasteiger partial charge in [0.2, 0.25) is 0 Å². The molecule has 0 aromatic heterocycles. The first kappa shape index (κ1) is 20.9. The van der Waals surface area contributed by atoms with Crippen molar-refractivity contribution < 1.29 is 24.1 Å². The van der Waals surface area contributed by atoms with Gasteiger partial charge in [-0.3, -0.25) is 0 Å². The average Bonchev–Trinajstić information content (AvgIpc) is 2.81. The maximum absolute atomic E-state index is 12.9. The second kappa shape index (κ2) is 7.85. The van der Waals surface area contributed by atoms with Crippen molar-refractivity contribution in [2.75, 3.05) is 27.8 Å². The van der Waals surface area contributed by atoms with Gasteiger partial charge >= 0.3 is 5.97 Å². The molecule has 0 saturated carbocycles. The number of carbonyl (C=O) groups is 1. The van der Waals surface area contributed by atoms with Gasteiger partial charge in [-0.05, 0) is 56.3 Å². The Morgan fingerprint density at radius 3 is 2.62 bits per heavy atom. The SMILES string of the molecule is COC1=C[C@H]2[C@H]3Cc4ccc(OC)c(O)c4[C@@]2(CCN3C)CC1OC(=O)c1ccccc1. The summed E-state index contributed by atoms with van der Waals surface area (Å²) in [5, 5.41) is 11.2. The maximum Gasteiger partial charge on any atom is 0.338 e. The van der Waals surface area contributed by atoms with E-state index in [-0.39, 0.29) is 23.1 Å². The second-order valence-corrected chi connectivity index (χ2v) is 9.07. The molecule has 168 valence electrons. The van der Waals surface area contributed by atoms with Gasteiger partial charge in [0, 0.05) is 29.4 Å². The molecule has 1 unspecified atom stereocenters. The van der Waals surface area contributed by atoms with Crippen molar-refractivity contribution in [3.05, 3.63) is 71.0 Å². The Balaban J connectivity index is 1.60.